The molecule has 2 aromatic heterocycles. The molecule has 8 nitrogen and oxygen atoms in total. The molecule has 2 heterocycles. The molecule has 3 aromatic carbocycles. The number of anilines is 2. The summed E-state index contributed by atoms with van der Waals surface area (Å²) in [6.45, 7) is 1.82. The van der Waals surface area contributed by atoms with Crippen molar-refractivity contribution in [1.29, 1.82) is 0 Å². The number of fused-ring (bicyclic) bond motifs is 1. The average molecular weight is 568 g/mol. The van der Waals surface area contributed by atoms with E-state index in [4.69, 9.17) is 0 Å². The number of thiazole rings is 1. The fourth-order valence-corrected chi connectivity index (χ4v) is 5.28. The van der Waals surface area contributed by atoms with Gasteiger partial charge < -0.3 is 20.9 Å². The number of hydrogen-bond donors (Lipinski definition) is 4. The zero-order chi connectivity index (χ0) is 27.9. The molecule has 40 heavy (non-hydrogen) atoms. The monoisotopic (exact) mass is 567 g/mol. The van der Waals surface area contributed by atoms with E-state index in [-0.39, 0.29) is 16.9 Å². The first-order chi connectivity index (χ1) is 19.5. The predicted octanol–water partition coefficient (Wildman–Crippen LogP) is 6.15. The van der Waals surface area contributed by atoms with Crippen molar-refractivity contribution < 1.29 is 14.4 Å². The number of carbonyl (C=O) groups is 3. The fourth-order valence-electron chi connectivity index (χ4n) is 3.88. The number of benzene rings is 3. The van der Waals surface area contributed by atoms with Crippen LogP contribution < -0.4 is 16.0 Å². The molecule has 0 bridgehead atoms. The van der Waals surface area contributed by atoms with Crippen molar-refractivity contribution in [3.63, 3.8) is 0 Å². The molecular formula is C30H25N5O3S2. The van der Waals surface area contributed by atoms with Crippen LogP contribution in [0.2, 0.25) is 0 Å². The molecule has 0 saturated heterocycles. The molecule has 5 aromatic rings. The maximum atomic E-state index is 13.4. The summed E-state index contributed by atoms with van der Waals surface area (Å²) >= 11 is 2.76. The fraction of sp³-hybridized carbons (Fsp3) is 0.0667. The third-order valence-electron chi connectivity index (χ3n) is 5.91. The highest BCUT2D eigenvalue weighted by molar-refractivity contribution is 8.00. The maximum Gasteiger partial charge on any atom is 0.272 e. The van der Waals surface area contributed by atoms with Crippen molar-refractivity contribution in [3.05, 3.63) is 113 Å². The van der Waals surface area contributed by atoms with Crippen LogP contribution in [0, 0.1) is 0 Å². The highest BCUT2D eigenvalue weighted by Gasteiger charge is 2.18. The lowest BCUT2D eigenvalue weighted by atomic mass is 10.1. The molecule has 200 valence electrons. The first-order valence-electron chi connectivity index (χ1n) is 12.4. The third kappa shape index (κ3) is 6.66. The molecule has 4 N–H and O–H groups in total. The standard InChI is InChI=1S/C30H25N5O3S2/c1-19(27(36)35-30-31-15-16-39-30)40-23-13-11-22(12-14-23)33-29(38)26(34-28(37)20-7-3-2-4-8-20)17-21-18-32-25-10-6-5-9-24(21)25/h2-19,32H,1H3,(H,33,38)(H,34,37)(H,31,35,36)/b26-17-/t19-/m1/s1. The van der Waals surface area contributed by atoms with Gasteiger partial charge in [-0.25, -0.2) is 4.98 Å². The molecule has 0 saturated carbocycles. The second kappa shape index (κ2) is 12.5. The van der Waals surface area contributed by atoms with Crippen LogP contribution in [0.25, 0.3) is 17.0 Å². The molecule has 0 aliphatic rings. The number of amides is 3. The molecule has 3 amide bonds. The lowest BCUT2D eigenvalue weighted by molar-refractivity contribution is -0.115. The SMILES string of the molecule is C[C@@H](Sc1ccc(NC(=O)/C(=C/c2c[nH]c3ccccc23)NC(=O)c2ccccc2)cc1)C(=O)Nc1nccs1. The second-order valence-electron chi connectivity index (χ2n) is 8.73. The number of aromatic nitrogens is 2. The highest BCUT2D eigenvalue weighted by atomic mass is 32.2. The minimum atomic E-state index is -0.467. The maximum absolute atomic E-state index is 13.4. The number of nitrogens with one attached hydrogen (secondary N) is 4. The van der Waals surface area contributed by atoms with Gasteiger partial charge in [0.25, 0.3) is 11.8 Å². The number of H-pyrrole nitrogens is 1. The van der Waals surface area contributed by atoms with Gasteiger partial charge in [0, 0.05) is 50.4 Å². The van der Waals surface area contributed by atoms with Gasteiger partial charge in [0.05, 0.1) is 5.25 Å². The van der Waals surface area contributed by atoms with Gasteiger partial charge in [0.1, 0.15) is 5.70 Å². The Morgan fingerprint density at radius 3 is 2.45 bits per heavy atom. The Hall–Kier alpha value is -4.67. The molecule has 10 heteroatoms. The summed E-state index contributed by atoms with van der Waals surface area (Å²) in [7, 11) is 0. The lowest BCUT2D eigenvalue weighted by Gasteiger charge is -2.13. The van der Waals surface area contributed by atoms with Gasteiger partial charge in [-0.1, -0.05) is 36.4 Å². The quantitative estimate of drug-likeness (QED) is 0.126. The number of nitrogens with zero attached hydrogens (tertiary/aromatic N) is 1. The topological polar surface area (TPSA) is 116 Å². The van der Waals surface area contributed by atoms with Gasteiger partial charge in [-0.3, -0.25) is 14.4 Å². The molecule has 0 aliphatic heterocycles. The van der Waals surface area contributed by atoms with Crippen molar-refractivity contribution >= 4 is 68.6 Å². The normalized spacial score (nSPS) is 12.1. The largest absolute Gasteiger partial charge is 0.361 e. The Kier molecular flexibility index (Phi) is 8.38. The summed E-state index contributed by atoms with van der Waals surface area (Å²) in [4.78, 5) is 46.9. The van der Waals surface area contributed by atoms with Crippen LogP contribution in [0.3, 0.4) is 0 Å². The van der Waals surface area contributed by atoms with Crippen LogP contribution in [0.4, 0.5) is 10.8 Å². The van der Waals surface area contributed by atoms with Gasteiger partial charge >= 0.3 is 0 Å². The Labute approximate surface area is 238 Å². The molecule has 5 rings (SSSR count). The number of rotatable bonds is 9. The summed E-state index contributed by atoms with van der Waals surface area (Å²) in [6, 6.07) is 23.6. The van der Waals surface area contributed by atoms with Gasteiger partial charge in [-0.05, 0) is 55.5 Å². The van der Waals surface area contributed by atoms with E-state index >= 15 is 0 Å². The van der Waals surface area contributed by atoms with Crippen molar-refractivity contribution in [2.75, 3.05) is 10.6 Å². The number of para-hydroxylation sites is 1. The molecule has 1 atom stereocenters. The number of thioether (sulfide) groups is 1. The van der Waals surface area contributed by atoms with Crippen LogP contribution >= 0.6 is 23.1 Å². The molecule has 0 aliphatic carbocycles. The van der Waals surface area contributed by atoms with Gasteiger partial charge in [0.15, 0.2) is 5.13 Å². The van der Waals surface area contributed by atoms with Crippen LogP contribution in [0.1, 0.15) is 22.8 Å². The first-order valence-corrected chi connectivity index (χ1v) is 14.1. The predicted molar refractivity (Wildman–Crippen MR) is 161 cm³/mol. The van der Waals surface area contributed by atoms with E-state index in [2.05, 4.69) is 25.9 Å². The first kappa shape index (κ1) is 26.9. The minimum absolute atomic E-state index is 0.101. The van der Waals surface area contributed by atoms with Gasteiger partial charge in [-0.15, -0.1) is 23.1 Å². The zero-order valence-corrected chi connectivity index (χ0v) is 23.0. The molecule has 0 radical (unpaired) electrons. The van der Waals surface area contributed by atoms with Gasteiger partial charge in [0.2, 0.25) is 5.91 Å². The van der Waals surface area contributed by atoms with Crippen LogP contribution in [-0.2, 0) is 9.59 Å². The Morgan fingerprint density at radius 2 is 1.70 bits per heavy atom. The Balaban J connectivity index is 1.30. The van der Waals surface area contributed by atoms with Crippen LogP contribution in [-0.4, -0.2) is 32.9 Å². The van der Waals surface area contributed by atoms with E-state index in [1.54, 1.807) is 60.2 Å². The van der Waals surface area contributed by atoms with E-state index in [1.807, 2.05) is 49.4 Å². The van der Waals surface area contributed by atoms with E-state index < -0.39 is 11.8 Å². The summed E-state index contributed by atoms with van der Waals surface area (Å²) in [6.07, 6.45) is 5.09. The highest BCUT2D eigenvalue weighted by Crippen LogP contribution is 2.26. The third-order valence-corrected chi connectivity index (χ3v) is 7.71. The van der Waals surface area contributed by atoms with Gasteiger partial charge in [-0.2, -0.15) is 0 Å². The number of hydrogen-bond acceptors (Lipinski definition) is 6. The Bertz CT molecular complexity index is 1660. The molecule has 0 fully saturated rings. The van der Waals surface area contributed by atoms with Crippen molar-refractivity contribution in [3.8, 4) is 0 Å². The van der Waals surface area contributed by atoms with Crippen molar-refractivity contribution in [1.82, 2.24) is 15.3 Å². The summed E-state index contributed by atoms with van der Waals surface area (Å²) in [5.74, 6) is -0.997. The number of carbonyl (C=O) groups excluding carboxylic acids is 3. The van der Waals surface area contributed by atoms with E-state index in [0.717, 1.165) is 21.4 Å². The molecule has 0 unspecified atom stereocenters. The van der Waals surface area contributed by atoms with Crippen molar-refractivity contribution in [2.45, 2.75) is 17.1 Å². The molecular weight excluding hydrogens is 542 g/mol. The minimum Gasteiger partial charge on any atom is -0.361 e. The van der Waals surface area contributed by atoms with E-state index in [0.29, 0.717) is 16.4 Å². The average Bonchev–Trinajstić information content (AvgIpc) is 3.64. The van der Waals surface area contributed by atoms with E-state index in [9.17, 15) is 14.4 Å². The van der Waals surface area contributed by atoms with E-state index in [1.165, 1.54) is 23.1 Å². The summed E-state index contributed by atoms with van der Waals surface area (Å²) in [5, 5.41) is 11.4. The summed E-state index contributed by atoms with van der Waals surface area (Å²) in [5.41, 5.74) is 2.78. The molecule has 0 spiro atoms. The second-order valence-corrected chi connectivity index (χ2v) is 11.0. The smallest absolute Gasteiger partial charge is 0.272 e. The zero-order valence-electron chi connectivity index (χ0n) is 21.4. The van der Waals surface area contributed by atoms with Crippen LogP contribution in [0.5, 0.6) is 0 Å². The summed E-state index contributed by atoms with van der Waals surface area (Å²) < 4.78 is 0. The lowest BCUT2D eigenvalue weighted by Crippen LogP contribution is -2.30. The number of aromatic amines is 1. The Morgan fingerprint density at radius 1 is 0.950 bits per heavy atom. The van der Waals surface area contributed by atoms with Crippen LogP contribution in [0.15, 0.2) is 107 Å². The van der Waals surface area contributed by atoms with Crippen molar-refractivity contribution in [2.24, 2.45) is 0 Å².